The Kier molecular flexibility index (Phi) is 6.86. The summed E-state index contributed by atoms with van der Waals surface area (Å²) in [5.74, 6) is 1.59. The van der Waals surface area contributed by atoms with E-state index < -0.39 is 0 Å². The van der Waals surface area contributed by atoms with Crippen LogP contribution in [0.5, 0.6) is 11.5 Å². The summed E-state index contributed by atoms with van der Waals surface area (Å²) < 4.78 is 8.42. The molecular formula is C34H32N4OS. The third-order valence-electron chi connectivity index (χ3n) is 7.55. The molecule has 1 aliphatic rings. The van der Waals surface area contributed by atoms with Crippen molar-refractivity contribution < 1.29 is 4.74 Å². The van der Waals surface area contributed by atoms with Crippen LogP contribution in [0.1, 0.15) is 45.9 Å². The molecule has 0 aliphatic carbocycles. The van der Waals surface area contributed by atoms with Crippen LogP contribution in [0, 0.1) is 27.7 Å². The van der Waals surface area contributed by atoms with Crippen molar-refractivity contribution in [1.82, 2.24) is 14.9 Å². The maximum Gasteiger partial charge on any atom is 0.174 e. The minimum atomic E-state index is -0.107. The monoisotopic (exact) mass is 544 g/mol. The molecule has 1 saturated heterocycles. The Labute approximate surface area is 241 Å². The molecule has 1 N–H and O–H groups in total. The van der Waals surface area contributed by atoms with Gasteiger partial charge in [-0.15, -0.1) is 0 Å². The molecule has 200 valence electrons. The van der Waals surface area contributed by atoms with Gasteiger partial charge in [-0.3, -0.25) is 4.98 Å². The molecule has 1 fully saturated rings. The minimum absolute atomic E-state index is 0.0864. The summed E-state index contributed by atoms with van der Waals surface area (Å²) in [5, 5.41) is 4.26. The van der Waals surface area contributed by atoms with Crippen molar-refractivity contribution in [2.45, 2.75) is 39.8 Å². The number of aryl methyl sites for hydroxylation is 3. The molecule has 2 atom stereocenters. The summed E-state index contributed by atoms with van der Waals surface area (Å²) >= 11 is 5.97. The Bertz CT molecular complexity index is 1640. The highest BCUT2D eigenvalue weighted by Gasteiger charge is 2.42. The molecule has 0 bridgehead atoms. The Morgan fingerprint density at radius 3 is 1.98 bits per heavy atom. The van der Waals surface area contributed by atoms with Gasteiger partial charge in [0.2, 0.25) is 0 Å². The Balaban J connectivity index is 1.40. The zero-order chi connectivity index (χ0) is 27.8. The normalized spacial score (nSPS) is 16.7. The highest BCUT2D eigenvalue weighted by atomic mass is 32.1. The van der Waals surface area contributed by atoms with E-state index in [4.69, 9.17) is 21.9 Å². The maximum atomic E-state index is 6.09. The van der Waals surface area contributed by atoms with Crippen molar-refractivity contribution in [2.24, 2.45) is 0 Å². The number of rotatable bonds is 6. The molecule has 0 saturated carbocycles. The van der Waals surface area contributed by atoms with E-state index in [-0.39, 0.29) is 12.1 Å². The number of nitrogens with zero attached hydrogens (tertiary/aromatic N) is 3. The van der Waals surface area contributed by atoms with Crippen LogP contribution in [0.4, 0.5) is 5.69 Å². The van der Waals surface area contributed by atoms with Crippen LogP contribution in [-0.2, 0) is 0 Å². The topological polar surface area (TPSA) is 42.3 Å². The van der Waals surface area contributed by atoms with E-state index in [0.717, 1.165) is 28.6 Å². The number of pyridine rings is 1. The van der Waals surface area contributed by atoms with Gasteiger partial charge in [-0.2, -0.15) is 0 Å². The first-order valence-electron chi connectivity index (χ1n) is 13.5. The summed E-state index contributed by atoms with van der Waals surface area (Å²) in [4.78, 5) is 6.93. The van der Waals surface area contributed by atoms with Crippen molar-refractivity contribution in [3.8, 4) is 17.2 Å². The lowest BCUT2D eigenvalue weighted by atomic mass is 9.96. The summed E-state index contributed by atoms with van der Waals surface area (Å²) in [6, 6.07) is 33.0. The number of aromatic nitrogens is 2. The molecular weight excluding hydrogens is 512 g/mol. The quantitative estimate of drug-likeness (QED) is 0.219. The van der Waals surface area contributed by atoms with Gasteiger partial charge < -0.3 is 19.5 Å². The molecule has 1 aliphatic heterocycles. The summed E-state index contributed by atoms with van der Waals surface area (Å²) in [6.45, 7) is 8.53. The predicted molar refractivity (Wildman–Crippen MR) is 166 cm³/mol. The maximum absolute atomic E-state index is 6.09. The molecule has 2 aromatic heterocycles. The van der Waals surface area contributed by atoms with Crippen LogP contribution >= 0.6 is 12.2 Å². The van der Waals surface area contributed by atoms with E-state index in [9.17, 15) is 0 Å². The molecule has 40 heavy (non-hydrogen) atoms. The molecule has 3 aromatic carbocycles. The fourth-order valence-corrected chi connectivity index (χ4v) is 5.89. The van der Waals surface area contributed by atoms with Crippen molar-refractivity contribution in [1.29, 1.82) is 0 Å². The Morgan fingerprint density at radius 1 is 0.750 bits per heavy atom. The predicted octanol–water partition coefficient (Wildman–Crippen LogP) is 8.08. The molecule has 0 radical (unpaired) electrons. The van der Waals surface area contributed by atoms with Gasteiger partial charge in [0.25, 0.3) is 0 Å². The molecule has 3 heterocycles. The number of nitrogens with one attached hydrogen (secondary N) is 1. The molecule has 0 amide bonds. The third-order valence-corrected chi connectivity index (χ3v) is 7.87. The van der Waals surface area contributed by atoms with E-state index in [2.05, 4.69) is 91.0 Å². The fraction of sp³-hybridized carbons (Fsp3) is 0.176. The SMILES string of the molecule is Cc1ccc(Oc2ccc(N3C(=S)N[C@@H](c4ccccn4)[C@H]3c3cc(C)n(-c4ccc(C)cc4)c3C)cc2)cc1. The van der Waals surface area contributed by atoms with Gasteiger partial charge in [-0.1, -0.05) is 41.5 Å². The van der Waals surface area contributed by atoms with Gasteiger partial charge in [-0.25, -0.2) is 0 Å². The average Bonchev–Trinajstić information content (AvgIpc) is 3.46. The van der Waals surface area contributed by atoms with Crippen molar-refractivity contribution in [3.05, 3.63) is 137 Å². The lowest BCUT2D eigenvalue weighted by Crippen LogP contribution is -2.29. The number of hydrogen-bond donors (Lipinski definition) is 1. The van der Waals surface area contributed by atoms with Crippen molar-refractivity contribution in [3.63, 3.8) is 0 Å². The smallest absolute Gasteiger partial charge is 0.174 e. The van der Waals surface area contributed by atoms with E-state index >= 15 is 0 Å². The van der Waals surface area contributed by atoms with E-state index in [0.29, 0.717) is 5.11 Å². The van der Waals surface area contributed by atoms with Gasteiger partial charge in [0, 0.05) is 29.0 Å². The highest BCUT2D eigenvalue weighted by molar-refractivity contribution is 7.80. The summed E-state index contributed by atoms with van der Waals surface area (Å²) in [5.41, 5.74) is 9.12. The number of thiocarbonyl (C=S) groups is 1. The lowest BCUT2D eigenvalue weighted by molar-refractivity contribution is 0.482. The van der Waals surface area contributed by atoms with Gasteiger partial charge in [-0.05, 0) is 112 Å². The fourth-order valence-electron chi connectivity index (χ4n) is 5.54. The first-order valence-corrected chi connectivity index (χ1v) is 13.9. The standard InChI is InChI=1S/C34H32N4OS/c1-22-8-12-26(13-9-22)37-24(3)21-30(25(37)4)33-32(31-7-5-6-20-35-31)36-34(40)38(33)27-14-18-29(19-15-27)39-28-16-10-23(2)11-17-28/h5-21,32-33H,1-4H3,(H,36,40)/t32-,33+/m0/s1. The van der Waals surface area contributed by atoms with Gasteiger partial charge in [0.05, 0.1) is 17.8 Å². The van der Waals surface area contributed by atoms with Crippen LogP contribution in [0.3, 0.4) is 0 Å². The first-order chi connectivity index (χ1) is 19.4. The second-order valence-corrected chi connectivity index (χ2v) is 10.8. The zero-order valence-electron chi connectivity index (χ0n) is 23.1. The molecule has 5 nitrogen and oxygen atoms in total. The van der Waals surface area contributed by atoms with Gasteiger partial charge in [0.15, 0.2) is 5.11 Å². The van der Waals surface area contributed by atoms with Gasteiger partial charge in [0.1, 0.15) is 11.5 Å². The number of ether oxygens (including phenoxy) is 1. The average molecular weight is 545 g/mol. The van der Waals surface area contributed by atoms with Crippen molar-refractivity contribution >= 4 is 23.0 Å². The third kappa shape index (κ3) is 4.87. The van der Waals surface area contributed by atoms with Crippen LogP contribution in [-0.4, -0.2) is 14.7 Å². The van der Waals surface area contributed by atoms with Crippen LogP contribution < -0.4 is 15.0 Å². The second kappa shape index (κ2) is 10.6. The molecule has 5 aromatic rings. The highest BCUT2D eigenvalue weighted by Crippen LogP contribution is 2.44. The summed E-state index contributed by atoms with van der Waals surface area (Å²) in [6.07, 6.45) is 1.84. The Hall–Kier alpha value is -4.42. The van der Waals surface area contributed by atoms with Crippen LogP contribution in [0.2, 0.25) is 0 Å². The van der Waals surface area contributed by atoms with E-state index in [1.165, 1.54) is 28.1 Å². The first kappa shape index (κ1) is 25.8. The van der Waals surface area contributed by atoms with E-state index in [1.54, 1.807) is 0 Å². The molecule has 0 unspecified atom stereocenters. The summed E-state index contributed by atoms with van der Waals surface area (Å²) in [7, 11) is 0. The van der Waals surface area contributed by atoms with Crippen molar-refractivity contribution in [2.75, 3.05) is 4.90 Å². The van der Waals surface area contributed by atoms with Crippen LogP contribution in [0.25, 0.3) is 5.69 Å². The number of benzene rings is 3. The number of hydrogen-bond acceptors (Lipinski definition) is 3. The Morgan fingerprint density at radius 2 is 1.35 bits per heavy atom. The zero-order valence-corrected chi connectivity index (χ0v) is 23.9. The number of anilines is 1. The van der Waals surface area contributed by atoms with Crippen LogP contribution in [0.15, 0.2) is 103 Å². The lowest BCUT2D eigenvalue weighted by Gasteiger charge is -2.28. The van der Waals surface area contributed by atoms with Gasteiger partial charge >= 0.3 is 0 Å². The minimum Gasteiger partial charge on any atom is -0.457 e. The second-order valence-electron chi connectivity index (χ2n) is 10.4. The molecule has 6 heteroatoms. The van der Waals surface area contributed by atoms with E-state index in [1.807, 2.05) is 54.7 Å². The molecule has 6 rings (SSSR count). The largest absolute Gasteiger partial charge is 0.457 e. The molecule has 0 spiro atoms.